The van der Waals surface area contributed by atoms with Crippen LogP contribution in [-0.2, 0) is 0 Å². The van der Waals surface area contributed by atoms with Gasteiger partial charge in [0.25, 0.3) is 5.91 Å². The standard InChI is InChI=1S/C14H19FN2O2.ClH/c1-9(16)10-6-7-17(8-10)14(18)13-11(15)4-3-5-12(13)19-2;/h3-5,9-10H,6-8,16H2,1-2H3;1H. The summed E-state index contributed by atoms with van der Waals surface area (Å²) in [4.78, 5) is 14.0. The number of hydrogen-bond acceptors (Lipinski definition) is 3. The van der Waals surface area contributed by atoms with E-state index >= 15 is 0 Å². The fraction of sp³-hybridized carbons (Fsp3) is 0.500. The molecule has 1 saturated heterocycles. The van der Waals surface area contributed by atoms with Crippen LogP contribution in [0.4, 0.5) is 4.39 Å². The maximum Gasteiger partial charge on any atom is 0.260 e. The van der Waals surface area contributed by atoms with Crippen LogP contribution in [0.3, 0.4) is 0 Å². The molecule has 0 bridgehead atoms. The summed E-state index contributed by atoms with van der Waals surface area (Å²) in [6.45, 7) is 3.12. The molecule has 2 unspecified atom stereocenters. The van der Waals surface area contributed by atoms with Crippen molar-refractivity contribution < 1.29 is 13.9 Å². The topological polar surface area (TPSA) is 55.6 Å². The highest BCUT2D eigenvalue weighted by Gasteiger charge is 2.31. The van der Waals surface area contributed by atoms with E-state index in [-0.39, 0.29) is 41.6 Å². The van der Waals surface area contributed by atoms with Crippen molar-refractivity contribution in [3.63, 3.8) is 0 Å². The first kappa shape index (κ1) is 16.7. The number of rotatable bonds is 3. The number of amides is 1. The third kappa shape index (κ3) is 3.22. The Morgan fingerprint density at radius 2 is 2.25 bits per heavy atom. The van der Waals surface area contributed by atoms with Crippen LogP contribution in [0.2, 0.25) is 0 Å². The lowest BCUT2D eigenvalue weighted by Crippen LogP contribution is -2.33. The molecule has 4 nitrogen and oxygen atoms in total. The molecule has 1 amide bonds. The molecule has 1 aromatic rings. The number of carbonyl (C=O) groups is 1. The third-order valence-corrected chi connectivity index (χ3v) is 3.66. The molecule has 1 aliphatic rings. The van der Waals surface area contributed by atoms with Gasteiger partial charge in [-0.2, -0.15) is 0 Å². The normalized spacial score (nSPS) is 19.4. The molecule has 2 rings (SSSR count). The van der Waals surface area contributed by atoms with Gasteiger partial charge in [-0.1, -0.05) is 6.07 Å². The first-order valence-electron chi connectivity index (χ1n) is 6.42. The predicted molar refractivity (Wildman–Crippen MR) is 77.9 cm³/mol. The summed E-state index contributed by atoms with van der Waals surface area (Å²) >= 11 is 0. The number of nitrogens with two attached hydrogens (primary N) is 1. The fourth-order valence-corrected chi connectivity index (χ4v) is 2.44. The van der Waals surface area contributed by atoms with Crippen molar-refractivity contribution in [3.8, 4) is 5.75 Å². The van der Waals surface area contributed by atoms with Crippen molar-refractivity contribution in [1.82, 2.24) is 4.90 Å². The van der Waals surface area contributed by atoms with Crippen molar-refractivity contribution in [2.45, 2.75) is 19.4 Å². The minimum Gasteiger partial charge on any atom is -0.496 e. The van der Waals surface area contributed by atoms with E-state index in [0.29, 0.717) is 13.1 Å². The number of likely N-dealkylation sites (tertiary alicyclic amines) is 1. The summed E-state index contributed by atoms with van der Waals surface area (Å²) in [5.41, 5.74) is 5.86. The van der Waals surface area contributed by atoms with E-state index in [0.717, 1.165) is 6.42 Å². The molecular formula is C14H20ClFN2O2. The summed E-state index contributed by atoms with van der Waals surface area (Å²) in [6.07, 6.45) is 0.861. The zero-order chi connectivity index (χ0) is 14.0. The second kappa shape index (κ2) is 6.90. The Labute approximate surface area is 124 Å². The molecule has 1 heterocycles. The second-order valence-electron chi connectivity index (χ2n) is 4.98. The van der Waals surface area contributed by atoms with Crippen LogP contribution < -0.4 is 10.5 Å². The van der Waals surface area contributed by atoms with Crippen LogP contribution in [0.5, 0.6) is 5.75 Å². The van der Waals surface area contributed by atoms with E-state index in [1.807, 2.05) is 6.92 Å². The largest absolute Gasteiger partial charge is 0.496 e. The zero-order valence-electron chi connectivity index (χ0n) is 11.6. The molecule has 2 atom stereocenters. The van der Waals surface area contributed by atoms with E-state index in [9.17, 15) is 9.18 Å². The Bertz CT molecular complexity index is 482. The van der Waals surface area contributed by atoms with Gasteiger partial charge in [-0.3, -0.25) is 4.79 Å². The molecule has 2 N–H and O–H groups in total. The van der Waals surface area contributed by atoms with Crippen LogP contribution in [0.15, 0.2) is 18.2 Å². The van der Waals surface area contributed by atoms with Gasteiger partial charge in [0, 0.05) is 19.1 Å². The van der Waals surface area contributed by atoms with Crippen LogP contribution in [0, 0.1) is 11.7 Å². The number of ether oxygens (including phenoxy) is 1. The van der Waals surface area contributed by atoms with Gasteiger partial charge >= 0.3 is 0 Å². The molecule has 1 aromatic carbocycles. The number of halogens is 2. The third-order valence-electron chi connectivity index (χ3n) is 3.66. The molecule has 1 fully saturated rings. The molecule has 6 heteroatoms. The number of carbonyl (C=O) groups excluding carboxylic acids is 1. The lowest BCUT2D eigenvalue weighted by molar-refractivity contribution is 0.0777. The smallest absolute Gasteiger partial charge is 0.260 e. The Kier molecular flexibility index (Phi) is 5.77. The van der Waals surface area contributed by atoms with E-state index in [2.05, 4.69) is 0 Å². The van der Waals surface area contributed by atoms with Crippen molar-refractivity contribution in [3.05, 3.63) is 29.6 Å². The molecule has 0 spiro atoms. The Balaban J connectivity index is 0.00000200. The first-order chi connectivity index (χ1) is 9.04. The molecule has 0 saturated carbocycles. The Hall–Kier alpha value is -1.33. The van der Waals surface area contributed by atoms with E-state index in [1.54, 1.807) is 11.0 Å². The van der Waals surface area contributed by atoms with Gasteiger partial charge in [-0.25, -0.2) is 4.39 Å². The molecule has 112 valence electrons. The van der Waals surface area contributed by atoms with Gasteiger partial charge < -0.3 is 15.4 Å². The lowest BCUT2D eigenvalue weighted by atomic mass is 10.0. The number of benzene rings is 1. The summed E-state index contributed by atoms with van der Waals surface area (Å²) in [7, 11) is 1.43. The number of methoxy groups -OCH3 is 1. The molecule has 0 aliphatic carbocycles. The van der Waals surface area contributed by atoms with Gasteiger partial charge in [0.05, 0.1) is 7.11 Å². The van der Waals surface area contributed by atoms with Gasteiger partial charge in [-0.15, -0.1) is 12.4 Å². The highest BCUT2D eigenvalue weighted by Crippen LogP contribution is 2.26. The summed E-state index contributed by atoms with van der Waals surface area (Å²) in [6, 6.07) is 4.43. The molecule has 20 heavy (non-hydrogen) atoms. The van der Waals surface area contributed by atoms with E-state index in [1.165, 1.54) is 19.2 Å². The van der Waals surface area contributed by atoms with E-state index < -0.39 is 5.82 Å². The number of hydrogen-bond donors (Lipinski definition) is 1. The van der Waals surface area contributed by atoms with Gasteiger partial charge in [0.1, 0.15) is 17.1 Å². The van der Waals surface area contributed by atoms with E-state index in [4.69, 9.17) is 10.5 Å². The quantitative estimate of drug-likeness (QED) is 0.930. The second-order valence-corrected chi connectivity index (χ2v) is 4.98. The monoisotopic (exact) mass is 302 g/mol. The van der Waals surface area contributed by atoms with Crippen LogP contribution in [0.1, 0.15) is 23.7 Å². The summed E-state index contributed by atoms with van der Waals surface area (Å²) in [5.74, 6) is -0.317. The average molecular weight is 303 g/mol. The summed E-state index contributed by atoms with van der Waals surface area (Å²) in [5, 5.41) is 0. The molecule has 0 radical (unpaired) electrons. The van der Waals surface area contributed by atoms with Crippen LogP contribution in [-0.4, -0.2) is 37.0 Å². The van der Waals surface area contributed by atoms with Gasteiger partial charge in [-0.05, 0) is 31.4 Å². The zero-order valence-corrected chi connectivity index (χ0v) is 12.5. The summed E-state index contributed by atoms with van der Waals surface area (Å²) < 4.78 is 18.9. The van der Waals surface area contributed by atoms with Crippen LogP contribution >= 0.6 is 12.4 Å². The average Bonchev–Trinajstić information content (AvgIpc) is 2.87. The lowest BCUT2D eigenvalue weighted by Gasteiger charge is -2.19. The van der Waals surface area contributed by atoms with Crippen molar-refractivity contribution in [2.24, 2.45) is 11.7 Å². The predicted octanol–water partition coefficient (Wildman–Crippen LogP) is 2.07. The van der Waals surface area contributed by atoms with Gasteiger partial charge in [0.2, 0.25) is 0 Å². The SMILES string of the molecule is COc1cccc(F)c1C(=O)N1CCC(C(C)N)C1.Cl. The fourth-order valence-electron chi connectivity index (χ4n) is 2.44. The maximum atomic E-state index is 13.8. The number of nitrogens with zero attached hydrogens (tertiary/aromatic N) is 1. The van der Waals surface area contributed by atoms with Crippen molar-refractivity contribution in [2.75, 3.05) is 20.2 Å². The van der Waals surface area contributed by atoms with Gasteiger partial charge in [0.15, 0.2) is 0 Å². The molecule has 1 aliphatic heterocycles. The highest BCUT2D eigenvalue weighted by atomic mass is 35.5. The van der Waals surface area contributed by atoms with Crippen molar-refractivity contribution in [1.29, 1.82) is 0 Å². The Morgan fingerprint density at radius 3 is 2.80 bits per heavy atom. The van der Waals surface area contributed by atoms with Crippen LogP contribution in [0.25, 0.3) is 0 Å². The van der Waals surface area contributed by atoms with Crippen molar-refractivity contribution >= 4 is 18.3 Å². The first-order valence-corrected chi connectivity index (χ1v) is 6.42. The minimum atomic E-state index is -0.548. The highest BCUT2D eigenvalue weighted by molar-refractivity contribution is 5.97. The molecular weight excluding hydrogens is 283 g/mol. The minimum absolute atomic E-state index is 0. The molecule has 0 aromatic heterocycles. The Morgan fingerprint density at radius 1 is 1.55 bits per heavy atom. The maximum absolute atomic E-state index is 13.8.